The highest BCUT2D eigenvalue weighted by molar-refractivity contribution is 5.89. The van der Waals surface area contributed by atoms with E-state index in [1.165, 1.54) is 0 Å². The zero-order valence-electron chi connectivity index (χ0n) is 14.0. The second-order valence-corrected chi connectivity index (χ2v) is 5.07. The molecule has 130 valence electrons. The Morgan fingerprint density at radius 3 is 2.48 bits per heavy atom. The van der Waals surface area contributed by atoms with Gasteiger partial charge in [0.05, 0.1) is 12.2 Å². The average Bonchev–Trinajstić information content (AvgIpc) is 2.65. The fraction of sp³-hybridized carbons (Fsp3) is 0.211. The molecule has 0 heterocycles. The highest BCUT2D eigenvalue weighted by atomic mass is 16.5. The molecule has 6 nitrogen and oxygen atoms in total. The van der Waals surface area contributed by atoms with Crippen LogP contribution < -0.4 is 10.2 Å². The molecule has 0 atom stereocenters. The Hall–Kier alpha value is -3.15. The summed E-state index contributed by atoms with van der Waals surface area (Å²) in [4.78, 5) is 23.2. The van der Waals surface area contributed by atoms with E-state index in [-0.39, 0.29) is 18.5 Å². The number of amides is 1. The van der Waals surface area contributed by atoms with Crippen LogP contribution in [0.4, 0.5) is 0 Å². The van der Waals surface area contributed by atoms with Crippen LogP contribution in [-0.2, 0) is 16.0 Å². The summed E-state index contributed by atoms with van der Waals surface area (Å²) in [7, 11) is 0. The third kappa shape index (κ3) is 6.47. The van der Waals surface area contributed by atoms with E-state index in [0.29, 0.717) is 24.3 Å². The van der Waals surface area contributed by atoms with Crippen LogP contribution >= 0.6 is 0 Å². The largest absolute Gasteiger partial charge is 0.484 e. The first-order valence-corrected chi connectivity index (χ1v) is 7.93. The molecular formula is C19H20N2O4. The molecule has 2 rings (SSSR count). The summed E-state index contributed by atoms with van der Waals surface area (Å²) in [6.07, 6.45) is 2.26. The second kappa shape index (κ2) is 9.87. The molecule has 0 aliphatic heterocycles. The van der Waals surface area contributed by atoms with Crippen LogP contribution in [0, 0.1) is 0 Å². The molecule has 2 aromatic rings. The summed E-state index contributed by atoms with van der Waals surface area (Å²) >= 11 is 0. The van der Waals surface area contributed by atoms with Gasteiger partial charge in [-0.1, -0.05) is 30.3 Å². The zero-order valence-corrected chi connectivity index (χ0v) is 14.0. The van der Waals surface area contributed by atoms with E-state index in [1.807, 2.05) is 30.3 Å². The van der Waals surface area contributed by atoms with Crippen molar-refractivity contribution in [3.63, 3.8) is 0 Å². The number of esters is 1. The number of benzene rings is 2. The summed E-state index contributed by atoms with van der Waals surface area (Å²) in [6.45, 7) is 1.90. The van der Waals surface area contributed by atoms with Crippen LogP contribution in [0.2, 0.25) is 0 Å². The average molecular weight is 340 g/mol. The molecule has 0 aliphatic rings. The van der Waals surface area contributed by atoms with Gasteiger partial charge in [0.2, 0.25) is 0 Å². The van der Waals surface area contributed by atoms with Gasteiger partial charge in [0.1, 0.15) is 5.75 Å². The van der Waals surface area contributed by atoms with Crippen LogP contribution in [0.25, 0.3) is 0 Å². The molecule has 0 bridgehead atoms. The molecule has 0 spiro atoms. The molecule has 0 saturated carbocycles. The van der Waals surface area contributed by atoms with Gasteiger partial charge >= 0.3 is 5.97 Å². The van der Waals surface area contributed by atoms with Crippen LogP contribution in [0.15, 0.2) is 59.7 Å². The minimum absolute atomic E-state index is 0.165. The molecule has 0 saturated heterocycles. The molecule has 0 fully saturated rings. The summed E-state index contributed by atoms with van der Waals surface area (Å²) < 4.78 is 10.2. The minimum atomic E-state index is -0.389. The third-order valence-electron chi connectivity index (χ3n) is 3.19. The molecule has 0 aromatic heterocycles. The van der Waals surface area contributed by atoms with E-state index in [2.05, 4.69) is 10.5 Å². The van der Waals surface area contributed by atoms with Gasteiger partial charge in [-0.15, -0.1) is 0 Å². The van der Waals surface area contributed by atoms with Gasteiger partial charge in [-0.3, -0.25) is 4.79 Å². The first kappa shape index (κ1) is 18.2. The summed E-state index contributed by atoms with van der Waals surface area (Å²) in [5.41, 5.74) is 3.94. The molecule has 1 amide bonds. The van der Waals surface area contributed by atoms with Crippen molar-refractivity contribution in [2.45, 2.75) is 13.3 Å². The van der Waals surface area contributed by atoms with E-state index < -0.39 is 0 Å². The molecule has 0 radical (unpaired) electrons. The van der Waals surface area contributed by atoms with E-state index >= 15 is 0 Å². The fourth-order valence-electron chi connectivity index (χ4n) is 1.97. The predicted octanol–water partition coefficient (Wildman–Crippen LogP) is 2.59. The zero-order chi connectivity index (χ0) is 17.9. The number of nitrogens with zero attached hydrogens (tertiary/aromatic N) is 1. The Morgan fingerprint density at radius 1 is 1.08 bits per heavy atom. The van der Waals surface area contributed by atoms with Crippen molar-refractivity contribution < 1.29 is 19.1 Å². The lowest BCUT2D eigenvalue weighted by Crippen LogP contribution is -2.24. The number of hydrazone groups is 1. The molecule has 0 aliphatic carbocycles. The van der Waals surface area contributed by atoms with Gasteiger partial charge in [-0.2, -0.15) is 5.10 Å². The Bertz CT molecular complexity index is 712. The Kier molecular flexibility index (Phi) is 7.18. The number of hydrogen-bond acceptors (Lipinski definition) is 5. The van der Waals surface area contributed by atoms with Gasteiger partial charge in [0.15, 0.2) is 6.61 Å². The van der Waals surface area contributed by atoms with Crippen molar-refractivity contribution >= 4 is 18.1 Å². The summed E-state index contributed by atoms with van der Waals surface area (Å²) in [5, 5.41) is 3.87. The standard InChI is InChI=1S/C19H20N2O4/c1-2-24-19(23)16-8-10-17(11-9-16)25-14-18(22)21-20-13-12-15-6-4-3-5-7-15/h3-11,13H,2,12,14H2,1H3,(H,21,22). The molecule has 1 N–H and O–H groups in total. The number of carbonyl (C=O) groups excluding carboxylic acids is 2. The smallest absolute Gasteiger partial charge is 0.338 e. The fourth-order valence-corrected chi connectivity index (χ4v) is 1.97. The van der Waals surface area contributed by atoms with Crippen molar-refractivity contribution in [2.75, 3.05) is 13.2 Å². The van der Waals surface area contributed by atoms with Gasteiger partial charge in [0, 0.05) is 12.6 Å². The van der Waals surface area contributed by atoms with Gasteiger partial charge in [-0.05, 0) is 36.8 Å². The summed E-state index contributed by atoms with van der Waals surface area (Å²) in [6, 6.07) is 16.2. The molecule has 0 unspecified atom stereocenters. The lowest BCUT2D eigenvalue weighted by atomic mass is 10.2. The number of rotatable bonds is 8. The van der Waals surface area contributed by atoms with Crippen molar-refractivity contribution in [2.24, 2.45) is 5.10 Å². The highest BCUT2D eigenvalue weighted by Gasteiger charge is 2.06. The molecule has 6 heteroatoms. The highest BCUT2D eigenvalue weighted by Crippen LogP contribution is 2.12. The monoisotopic (exact) mass is 340 g/mol. The first-order valence-electron chi connectivity index (χ1n) is 7.93. The van der Waals surface area contributed by atoms with Crippen LogP contribution in [0.1, 0.15) is 22.8 Å². The first-order chi connectivity index (χ1) is 12.2. The lowest BCUT2D eigenvalue weighted by molar-refractivity contribution is -0.123. The van der Waals surface area contributed by atoms with E-state index in [4.69, 9.17) is 9.47 Å². The van der Waals surface area contributed by atoms with E-state index in [9.17, 15) is 9.59 Å². The Labute approximate surface area is 146 Å². The van der Waals surface area contributed by atoms with Crippen LogP contribution in [-0.4, -0.2) is 31.3 Å². The summed E-state index contributed by atoms with van der Waals surface area (Å²) in [5.74, 6) is -0.269. The van der Waals surface area contributed by atoms with Crippen molar-refractivity contribution in [3.05, 3.63) is 65.7 Å². The Morgan fingerprint density at radius 2 is 1.80 bits per heavy atom. The Balaban J connectivity index is 1.71. The van der Waals surface area contributed by atoms with Crippen LogP contribution in [0.5, 0.6) is 5.75 Å². The minimum Gasteiger partial charge on any atom is -0.484 e. The normalized spacial score (nSPS) is 10.4. The van der Waals surface area contributed by atoms with Gasteiger partial charge in [-0.25, -0.2) is 10.2 Å². The number of ether oxygens (including phenoxy) is 2. The van der Waals surface area contributed by atoms with Gasteiger partial charge in [0.25, 0.3) is 5.91 Å². The molecule has 2 aromatic carbocycles. The van der Waals surface area contributed by atoms with E-state index in [1.54, 1.807) is 37.4 Å². The van der Waals surface area contributed by atoms with Crippen LogP contribution in [0.3, 0.4) is 0 Å². The number of carbonyl (C=O) groups is 2. The van der Waals surface area contributed by atoms with Crippen molar-refractivity contribution in [1.29, 1.82) is 0 Å². The maximum Gasteiger partial charge on any atom is 0.338 e. The molecule has 25 heavy (non-hydrogen) atoms. The topological polar surface area (TPSA) is 77.0 Å². The van der Waals surface area contributed by atoms with Gasteiger partial charge < -0.3 is 9.47 Å². The SMILES string of the molecule is CCOC(=O)c1ccc(OCC(=O)NN=CCc2ccccc2)cc1. The second-order valence-electron chi connectivity index (χ2n) is 5.07. The quantitative estimate of drug-likeness (QED) is 0.455. The molecular weight excluding hydrogens is 320 g/mol. The van der Waals surface area contributed by atoms with Crippen molar-refractivity contribution in [1.82, 2.24) is 5.43 Å². The number of hydrogen-bond donors (Lipinski definition) is 1. The number of nitrogens with one attached hydrogen (secondary N) is 1. The third-order valence-corrected chi connectivity index (χ3v) is 3.19. The predicted molar refractivity (Wildman–Crippen MR) is 94.7 cm³/mol. The van der Waals surface area contributed by atoms with E-state index in [0.717, 1.165) is 5.56 Å². The maximum atomic E-state index is 11.7. The van der Waals surface area contributed by atoms with Crippen molar-refractivity contribution in [3.8, 4) is 5.75 Å². The lowest BCUT2D eigenvalue weighted by Gasteiger charge is -2.06. The maximum absolute atomic E-state index is 11.7.